The molecule has 2 aromatic rings. The highest BCUT2D eigenvalue weighted by molar-refractivity contribution is 7.13. The highest BCUT2D eigenvalue weighted by atomic mass is 35.5. The number of nitrogens with one attached hydrogen (secondary N) is 1. The van der Waals surface area contributed by atoms with E-state index < -0.39 is 5.97 Å². The largest absolute Gasteiger partial charge is 0.488 e. The van der Waals surface area contributed by atoms with Crippen LogP contribution in [0, 0.1) is 6.92 Å². The van der Waals surface area contributed by atoms with E-state index in [1.165, 1.54) is 11.3 Å². The van der Waals surface area contributed by atoms with Crippen molar-refractivity contribution in [2.45, 2.75) is 6.92 Å². The van der Waals surface area contributed by atoms with E-state index >= 15 is 0 Å². The van der Waals surface area contributed by atoms with Gasteiger partial charge in [-0.2, -0.15) is 0 Å². The van der Waals surface area contributed by atoms with Crippen LogP contribution in [-0.2, 0) is 9.53 Å². The minimum absolute atomic E-state index is 0.0474. The van der Waals surface area contributed by atoms with Crippen LogP contribution in [0.5, 0.6) is 5.75 Å². The average Bonchev–Trinajstić information content (AvgIpc) is 2.97. The lowest BCUT2D eigenvalue weighted by Gasteiger charge is -2.09. The number of amides is 1. The van der Waals surface area contributed by atoms with E-state index in [1.807, 2.05) is 13.0 Å². The van der Waals surface area contributed by atoms with Gasteiger partial charge in [-0.25, -0.2) is 0 Å². The number of hydrogen-bond donors (Lipinski definition) is 1. The van der Waals surface area contributed by atoms with Crippen LogP contribution in [0.1, 0.15) is 14.5 Å². The third-order valence-corrected chi connectivity index (χ3v) is 4.39. The lowest BCUT2D eigenvalue weighted by Crippen LogP contribution is -2.30. The SMILES string of the molecule is Cc1ccc(C(=O)NCC(=O)OCCOc2ccc(Cl)cc2Cl)s1. The van der Waals surface area contributed by atoms with Gasteiger partial charge in [-0.3, -0.25) is 9.59 Å². The zero-order valence-electron chi connectivity index (χ0n) is 12.8. The molecule has 0 atom stereocenters. The molecule has 1 aromatic carbocycles. The minimum Gasteiger partial charge on any atom is -0.488 e. The van der Waals surface area contributed by atoms with Gasteiger partial charge in [0.2, 0.25) is 0 Å². The van der Waals surface area contributed by atoms with Gasteiger partial charge in [-0.05, 0) is 37.3 Å². The molecule has 0 unspecified atom stereocenters. The summed E-state index contributed by atoms with van der Waals surface area (Å²) >= 11 is 13.1. The van der Waals surface area contributed by atoms with E-state index in [2.05, 4.69) is 5.32 Å². The van der Waals surface area contributed by atoms with Crippen molar-refractivity contribution in [1.29, 1.82) is 0 Å². The Morgan fingerprint density at radius 1 is 1.17 bits per heavy atom. The lowest BCUT2D eigenvalue weighted by molar-refractivity contribution is -0.143. The maximum atomic E-state index is 11.8. The zero-order valence-corrected chi connectivity index (χ0v) is 15.1. The number of benzene rings is 1. The molecule has 0 aliphatic heterocycles. The van der Waals surface area contributed by atoms with Crippen LogP contribution in [0.2, 0.25) is 10.0 Å². The highest BCUT2D eigenvalue weighted by Gasteiger charge is 2.10. The number of esters is 1. The second kappa shape index (κ2) is 8.92. The van der Waals surface area contributed by atoms with Crippen molar-refractivity contribution in [2.75, 3.05) is 19.8 Å². The summed E-state index contributed by atoms with van der Waals surface area (Å²) in [7, 11) is 0. The van der Waals surface area contributed by atoms with Gasteiger partial charge in [0.05, 0.1) is 9.90 Å². The molecule has 8 heteroatoms. The van der Waals surface area contributed by atoms with Crippen LogP contribution in [0.4, 0.5) is 0 Å². The van der Waals surface area contributed by atoms with Crippen molar-refractivity contribution in [3.63, 3.8) is 0 Å². The molecular weight excluding hydrogens is 373 g/mol. The molecule has 1 amide bonds. The molecule has 1 N–H and O–H groups in total. The van der Waals surface area contributed by atoms with E-state index in [4.69, 9.17) is 32.7 Å². The smallest absolute Gasteiger partial charge is 0.325 e. The Morgan fingerprint density at radius 3 is 2.62 bits per heavy atom. The summed E-state index contributed by atoms with van der Waals surface area (Å²) in [5.41, 5.74) is 0. The summed E-state index contributed by atoms with van der Waals surface area (Å²) in [6, 6.07) is 8.40. The Balaban J connectivity index is 1.65. The summed E-state index contributed by atoms with van der Waals surface area (Å²) < 4.78 is 10.4. The topological polar surface area (TPSA) is 64.6 Å². The summed E-state index contributed by atoms with van der Waals surface area (Å²) in [6.07, 6.45) is 0. The Labute approximate surface area is 153 Å². The standard InChI is InChI=1S/C16H15Cl2NO4S/c1-10-2-5-14(24-10)16(21)19-9-15(20)23-7-6-22-13-4-3-11(17)8-12(13)18/h2-5,8H,6-7,9H2,1H3,(H,19,21). The van der Waals surface area contributed by atoms with Crippen molar-refractivity contribution in [3.05, 3.63) is 50.1 Å². The molecule has 2 rings (SSSR count). The van der Waals surface area contributed by atoms with Crippen molar-refractivity contribution in [1.82, 2.24) is 5.32 Å². The van der Waals surface area contributed by atoms with Gasteiger partial charge >= 0.3 is 5.97 Å². The van der Waals surface area contributed by atoms with Crippen molar-refractivity contribution in [2.24, 2.45) is 0 Å². The number of carbonyl (C=O) groups is 2. The Morgan fingerprint density at radius 2 is 1.96 bits per heavy atom. The first-order chi connectivity index (χ1) is 11.5. The van der Waals surface area contributed by atoms with Gasteiger partial charge in [-0.1, -0.05) is 23.2 Å². The second-order valence-electron chi connectivity index (χ2n) is 4.74. The number of thiophene rings is 1. The van der Waals surface area contributed by atoms with Crippen molar-refractivity contribution in [3.8, 4) is 5.75 Å². The van der Waals surface area contributed by atoms with Crippen molar-refractivity contribution >= 4 is 46.4 Å². The number of halogens is 2. The first kappa shape index (κ1) is 18.6. The Kier molecular flexibility index (Phi) is 6.90. The molecule has 1 aromatic heterocycles. The Bertz CT molecular complexity index is 733. The molecule has 0 saturated heterocycles. The fourth-order valence-electron chi connectivity index (χ4n) is 1.75. The molecule has 0 aliphatic rings. The number of carbonyl (C=O) groups excluding carboxylic acids is 2. The molecule has 0 radical (unpaired) electrons. The average molecular weight is 388 g/mol. The minimum atomic E-state index is -0.539. The van der Waals surface area contributed by atoms with Crippen LogP contribution in [-0.4, -0.2) is 31.6 Å². The highest BCUT2D eigenvalue weighted by Crippen LogP contribution is 2.27. The van der Waals surface area contributed by atoms with E-state index in [1.54, 1.807) is 24.3 Å². The third kappa shape index (κ3) is 5.70. The molecule has 0 spiro atoms. The maximum absolute atomic E-state index is 11.8. The number of ether oxygens (including phenoxy) is 2. The molecule has 128 valence electrons. The first-order valence-electron chi connectivity index (χ1n) is 7.04. The van der Waals surface area contributed by atoms with E-state index in [-0.39, 0.29) is 25.7 Å². The predicted octanol–water partition coefficient (Wildman–Crippen LogP) is 3.72. The molecule has 0 saturated carbocycles. The summed E-state index contributed by atoms with van der Waals surface area (Å²) in [5, 5.41) is 3.40. The van der Waals surface area contributed by atoms with Crippen LogP contribution in [0.25, 0.3) is 0 Å². The van der Waals surface area contributed by atoms with Crippen LogP contribution in [0.15, 0.2) is 30.3 Å². The van der Waals surface area contributed by atoms with Crippen LogP contribution in [0.3, 0.4) is 0 Å². The van der Waals surface area contributed by atoms with E-state index in [0.29, 0.717) is 20.7 Å². The van der Waals surface area contributed by atoms with Gasteiger partial charge in [-0.15, -0.1) is 11.3 Å². The quantitative estimate of drug-likeness (QED) is 0.580. The lowest BCUT2D eigenvalue weighted by atomic mass is 10.3. The monoisotopic (exact) mass is 387 g/mol. The van der Waals surface area contributed by atoms with Gasteiger partial charge in [0.15, 0.2) is 0 Å². The molecular formula is C16H15Cl2NO4S. The van der Waals surface area contributed by atoms with E-state index in [0.717, 1.165) is 4.88 Å². The van der Waals surface area contributed by atoms with Gasteiger partial charge in [0.1, 0.15) is 25.5 Å². The van der Waals surface area contributed by atoms with Gasteiger partial charge in [0, 0.05) is 9.90 Å². The van der Waals surface area contributed by atoms with Crippen LogP contribution < -0.4 is 10.1 Å². The number of rotatable bonds is 7. The molecule has 1 heterocycles. The van der Waals surface area contributed by atoms with E-state index in [9.17, 15) is 9.59 Å². The summed E-state index contributed by atoms with van der Waals surface area (Å²) in [4.78, 5) is 24.9. The normalized spacial score (nSPS) is 10.3. The summed E-state index contributed by atoms with van der Waals surface area (Å²) in [6.45, 7) is 1.90. The molecule has 0 bridgehead atoms. The second-order valence-corrected chi connectivity index (χ2v) is 6.87. The maximum Gasteiger partial charge on any atom is 0.325 e. The molecule has 24 heavy (non-hydrogen) atoms. The fraction of sp³-hybridized carbons (Fsp3) is 0.250. The summed E-state index contributed by atoms with van der Waals surface area (Å²) in [5.74, 6) is -0.379. The number of hydrogen-bond acceptors (Lipinski definition) is 5. The fourth-order valence-corrected chi connectivity index (χ4v) is 2.99. The Hall–Kier alpha value is -1.76. The van der Waals surface area contributed by atoms with Crippen molar-refractivity contribution < 1.29 is 19.1 Å². The third-order valence-electron chi connectivity index (χ3n) is 2.86. The first-order valence-corrected chi connectivity index (χ1v) is 8.61. The zero-order chi connectivity index (χ0) is 17.5. The predicted molar refractivity (Wildman–Crippen MR) is 94.3 cm³/mol. The molecule has 5 nitrogen and oxygen atoms in total. The van der Waals surface area contributed by atoms with Crippen LogP contribution >= 0.6 is 34.5 Å². The van der Waals surface area contributed by atoms with Gasteiger partial charge in [0.25, 0.3) is 5.91 Å². The van der Waals surface area contributed by atoms with Gasteiger partial charge < -0.3 is 14.8 Å². The molecule has 0 fully saturated rings. The molecule has 0 aliphatic carbocycles. The number of aryl methyl sites for hydroxylation is 1.